The Morgan fingerprint density at radius 2 is 1.79 bits per heavy atom. The molecular formula is C14H11BrN2O2. The number of oxazole rings is 1. The summed E-state index contributed by atoms with van der Waals surface area (Å²) in [5.74, 6) is -0.454. The van der Waals surface area contributed by atoms with Gasteiger partial charge in [-0.15, -0.1) is 0 Å². The van der Waals surface area contributed by atoms with E-state index in [2.05, 4.69) is 20.9 Å². The number of hydrogen-bond acceptors (Lipinski definition) is 3. The smallest absolute Gasteiger partial charge is 0.408 e. The SMILES string of the molecule is NC(c1ccc(Br)cc1)c1ccc2[nH]c(=O)oc2c1. The molecule has 0 fully saturated rings. The minimum absolute atomic E-state index is 0.252. The zero-order chi connectivity index (χ0) is 13.4. The molecule has 0 aliphatic carbocycles. The molecule has 0 saturated carbocycles. The monoisotopic (exact) mass is 318 g/mol. The number of halogens is 1. The summed E-state index contributed by atoms with van der Waals surface area (Å²) in [5.41, 5.74) is 9.32. The third-order valence-electron chi connectivity index (χ3n) is 3.03. The van der Waals surface area contributed by atoms with Crippen LogP contribution in [-0.2, 0) is 0 Å². The maximum atomic E-state index is 11.1. The Balaban J connectivity index is 2.03. The molecule has 0 aliphatic rings. The van der Waals surface area contributed by atoms with E-state index in [1.165, 1.54) is 0 Å². The summed E-state index contributed by atoms with van der Waals surface area (Å²) in [6.45, 7) is 0. The van der Waals surface area contributed by atoms with Gasteiger partial charge in [-0.05, 0) is 35.4 Å². The van der Waals surface area contributed by atoms with Crippen molar-refractivity contribution in [2.45, 2.75) is 6.04 Å². The van der Waals surface area contributed by atoms with E-state index in [-0.39, 0.29) is 6.04 Å². The molecule has 4 nitrogen and oxygen atoms in total. The van der Waals surface area contributed by atoms with Crippen LogP contribution in [0.5, 0.6) is 0 Å². The molecule has 0 saturated heterocycles. The van der Waals surface area contributed by atoms with E-state index >= 15 is 0 Å². The van der Waals surface area contributed by atoms with E-state index in [0.717, 1.165) is 15.6 Å². The molecule has 1 heterocycles. The van der Waals surface area contributed by atoms with Crippen LogP contribution in [0, 0.1) is 0 Å². The lowest BCUT2D eigenvalue weighted by Crippen LogP contribution is -2.11. The van der Waals surface area contributed by atoms with Gasteiger partial charge in [0.1, 0.15) is 0 Å². The number of aromatic nitrogens is 1. The number of H-pyrrole nitrogens is 1. The molecule has 1 unspecified atom stereocenters. The van der Waals surface area contributed by atoms with Gasteiger partial charge >= 0.3 is 5.76 Å². The second-order valence-corrected chi connectivity index (χ2v) is 5.22. The van der Waals surface area contributed by atoms with E-state index in [1.54, 1.807) is 12.1 Å². The number of rotatable bonds is 2. The van der Waals surface area contributed by atoms with Crippen LogP contribution in [0.2, 0.25) is 0 Å². The molecular weight excluding hydrogens is 308 g/mol. The largest absolute Gasteiger partial charge is 0.417 e. The normalized spacial score (nSPS) is 12.7. The van der Waals surface area contributed by atoms with Crippen LogP contribution >= 0.6 is 15.9 Å². The van der Waals surface area contributed by atoms with E-state index in [0.29, 0.717) is 11.1 Å². The first-order valence-corrected chi connectivity index (χ1v) is 6.56. The van der Waals surface area contributed by atoms with Gasteiger partial charge in [0.05, 0.1) is 11.6 Å². The number of aromatic amines is 1. The topological polar surface area (TPSA) is 72.0 Å². The van der Waals surface area contributed by atoms with Gasteiger partial charge in [-0.3, -0.25) is 4.98 Å². The quantitative estimate of drug-likeness (QED) is 0.763. The fraction of sp³-hybridized carbons (Fsp3) is 0.0714. The summed E-state index contributed by atoms with van der Waals surface area (Å²) in [4.78, 5) is 13.7. The van der Waals surface area contributed by atoms with Gasteiger partial charge in [0.25, 0.3) is 0 Å². The van der Waals surface area contributed by atoms with Crippen molar-refractivity contribution in [1.82, 2.24) is 4.98 Å². The van der Waals surface area contributed by atoms with E-state index in [4.69, 9.17) is 10.2 Å². The van der Waals surface area contributed by atoms with E-state index in [9.17, 15) is 4.79 Å². The van der Waals surface area contributed by atoms with Crippen LogP contribution in [-0.4, -0.2) is 4.98 Å². The standard InChI is InChI=1S/C14H11BrN2O2/c15-10-4-1-8(2-5-10)13(16)9-3-6-11-12(7-9)19-14(18)17-11/h1-7,13H,16H2,(H,17,18). The molecule has 96 valence electrons. The van der Waals surface area contributed by atoms with Crippen LogP contribution in [0.15, 0.2) is 56.1 Å². The summed E-state index contributed by atoms with van der Waals surface area (Å²) in [5, 5.41) is 0. The van der Waals surface area contributed by atoms with Crippen molar-refractivity contribution in [1.29, 1.82) is 0 Å². The average Bonchev–Trinajstić information content (AvgIpc) is 2.77. The first-order valence-electron chi connectivity index (χ1n) is 5.77. The molecule has 1 aromatic heterocycles. The van der Waals surface area contributed by atoms with Gasteiger partial charge in [0.15, 0.2) is 5.58 Å². The van der Waals surface area contributed by atoms with Gasteiger partial charge in [0.2, 0.25) is 0 Å². The molecule has 0 amide bonds. The fourth-order valence-corrected chi connectivity index (χ4v) is 2.28. The Morgan fingerprint density at radius 3 is 2.53 bits per heavy atom. The lowest BCUT2D eigenvalue weighted by Gasteiger charge is -2.12. The Labute approximate surface area is 117 Å². The predicted molar refractivity (Wildman–Crippen MR) is 77.0 cm³/mol. The zero-order valence-corrected chi connectivity index (χ0v) is 11.5. The lowest BCUT2D eigenvalue weighted by atomic mass is 9.99. The van der Waals surface area contributed by atoms with Crippen molar-refractivity contribution < 1.29 is 4.42 Å². The first kappa shape index (κ1) is 12.2. The second-order valence-electron chi connectivity index (χ2n) is 4.30. The van der Waals surface area contributed by atoms with Crippen molar-refractivity contribution in [3.63, 3.8) is 0 Å². The maximum absolute atomic E-state index is 11.1. The van der Waals surface area contributed by atoms with Crippen molar-refractivity contribution in [2.75, 3.05) is 0 Å². The molecule has 19 heavy (non-hydrogen) atoms. The maximum Gasteiger partial charge on any atom is 0.417 e. The van der Waals surface area contributed by atoms with Crippen molar-refractivity contribution in [3.8, 4) is 0 Å². The summed E-state index contributed by atoms with van der Waals surface area (Å²) >= 11 is 3.39. The molecule has 0 spiro atoms. The highest BCUT2D eigenvalue weighted by Crippen LogP contribution is 2.23. The molecule has 3 aromatic rings. The molecule has 3 N–H and O–H groups in total. The third-order valence-corrected chi connectivity index (χ3v) is 3.56. The van der Waals surface area contributed by atoms with E-state index < -0.39 is 5.76 Å². The van der Waals surface area contributed by atoms with Gasteiger partial charge in [-0.1, -0.05) is 34.1 Å². The third kappa shape index (κ3) is 2.34. The fourth-order valence-electron chi connectivity index (χ4n) is 2.02. The predicted octanol–water partition coefficient (Wildman–Crippen LogP) is 2.93. The van der Waals surface area contributed by atoms with Crippen LogP contribution in [0.25, 0.3) is 11.1 Å². The molecule has 0 aliphatic heterocycles. The highest BCUT2D eigenvalue weighted by atomic mass is 79.9. The number of benzene rings is 2. The average molecular weight is 319 g/mol. The molecule has 0 radical (unpaired) electrons. The first-order chi connectivity index (χ1) is 9.13. The summed E-state index contributed by atoms with van der Waals surface area (Å²) < 4.78 is 6.05. The minimum Gasteiger partial charge on any atom is -0.408 e. The highest BCUT2D eigenvalue weighted by Gasteiger charge is 2.11. The Morgan fingerprint density at radius 1 is 1.11 bits per heavy atom. The Hall–Kier alpha value is -1.85. The Kier molecular flexibility index (Phi) is 3.00. The minimum atomic E-state index is -0.454. The highest BCUT2D eigenvalue weighted by molar-refractivity contribution is 9.10. The van der Waals surface area contributed by atoms with Crippen molar-refractivity contribution in [2.24, 2.45) is 5.73 Å². The van der Waals surface area contributed by atoms with Crippen LogP contribution in [0.4, 0.5) is 0 Å². The summed E-state index contributed by atoms with van der Waals surface area (Å²) in [6, 6.07) is 13.1. The summed E-state index contributed by atoms with van der Waals surface area (Å²) in [7, 11) is 0. The molecule has 0 bridgehead atoms. The zero-order valence-electron chi connectivity index (χ0n) is 9.89. The molecule has 1 atom stereocenters. The molecule has 2 aromatic carbocycles. The number of nitrogens with one attached hydrogen (secondary N) is 1. The van der Waals surface area contributed by atoms with Gasteiger partial charge in [0, 0.05) is 4.47 Å². The molecule has 5 heteroatoms. The van der Waals surface area contributed by atoms with Crippen LogP contribution in [0.3, 0.4) is 0 Å². The summed E-state index contributed by atoms with van der Waals surface area (Å²) in [6.07, 6.45) is 0. The Bertz CT molecular complexity index is 774. The van der Waals surface area contributed by atoms with E-state index in [1.807, 2.05) is 30.3 Å². The van der Waals surface area contributed by atoms with Crippen LogP contribution < -0.4 is 11.5 Å². The van der Waals surface area contributed by atoms with Gasteiger partial charge in [-0.25, -0.2) is 4.79 Å². The second kappa shape index (κ2) is 4.68. The number of hydrogen-bond donors (Lipinski definition) is 2. The van der Waals surface area contributed by atoms with Crippen LogP contribution in [0.1, 0.15) is 17.2 Å². The van der Waals surface area contributed by atoms with Crippen molar-refractivity contribution in [3.05, 3.63) is 68.6 Å². The van der Waals surface area contributed by atoms with Gasteiger partial charge < -0.3 is 10.2 Å². The number of nitrogens with two attached hydrogens (primary N) is 1. The van der Waals surface area contributed by atoms with Crippen molar-refractivity contribution >= 4 is 27.0 Å². The number of fused-ring (bicyclic) bond motifs is 1. The lowest BCUT2D eigenvalue weighted by molar-refractivity contribution is 0.555. The van der Waals surface area contributed by atoms with Gasteiger partial charge in [-0.2, -0.15) is 0 Å². The molecule has 3 rings (SSSR count).